The first-order chi connectivity index (χ1) is 4.68. The van der Waals surface area contributed by atoms with Crippen LogP contribution in [0.15, 0.2) is 0 Å². The minimum Gasteiger partial charge on any atom is -0.476 e. The third-order valence-corrected chi connectivity index (χ3v) is 1.71. The number of hydrogen-bond donors (Lipinski definition) is 2. The third-order valence-electron chi connectivity index (χ3n) is 0.879. The Kier molecular flexibility index (Phi) is 5.08. The molecule has 0 aromatic heterocycles. The van der Waals surface area contributed by atoms with Crippen LogP contribution in [0.4, 0.5) is 0 Å². The van der Waals surface area contributed by atoms with E-state index in [1.165, 1.54) is 0 Å². The van der Waals surface area contributed by atoms with E-state index in [0.717, 1.165) is 0 Å². The van der Waals surface area contributed by atoms with Crippen molar-refractivity contribution in [1.29, 1.82) is 0 Å². The number of aliphatic hydroxyl groups is 1. The molecule has 0 aliphatic rings. The molecular weight excluding hydrogens is 155 g/mol. The molecule has 2 N–H and O–H groups in total. The zero-order valence-electron chi connectivity index (χ0n) is 5.33. The van der Waals surface area contributed by atoms with Crippen LogP contribution in [0, 0.1) is 0 Å². The van der Waals surface area contributed by atoms with Crippen LogP contribution in [-0.4, -0.2) is 34.5 Å². The Labute approximate surface area is 60.0 Å². The number of carbonyl (C=O) groups is 2. The normalized spacial score (nSPS) is 10.5. The van der Waals surface area contributed by atoms with Gasteiger partial charge in [-0.15, -0.1) is 0 Å². The largest absolute Gasteiger partial charge is 0.476 e. The zero-order valence-corrected chi connectivity index (χ0v) is 6.33. The standard InChI is InChI=1S/C5H9O4P/c6-3-10-2-1-4(7)5(8)9/h6,10H,1-3H2,(H,8,9). The maximum atomic E-state index is 10.3. The predicted molar refractivity (Wildman–Crippen MR) is 37.5 cm³/mol. The smallest absolute Gasteiger partial charge is 0.372 e. The van der Waals surface area contributed by atoms with Gasteiger partial charge in [0.25, 0.3) is 0 Å². The molecule has 1 unspecified atom stereocenters. The number of carbonyl (C=O) groups excluding carboxylic acids is 1. The maximum Gasteiger partial charge on any atom is 0.372 e. The van der Waals surface area contributed by atoms with Gasteiger partial charge in [-0.1, -0.05) is 8.58 Å². The van der Waals surface area contributed by atoms with Gasteiger partial charge < -0.3 is 10.2 Å². The van der Waals surface area contributed by atoms with Gasteiger partial charge in [-0.25, -0.2) is 4.79 Å². The number of rotatable bonds is 5. The monoisotopic (exact) mass is 164 g/mol. The molecule has 0 bridgehead atoms. The number of ketones is 1. The molecule has 0 saturated heterocycles. The van der Waals surface area contributed by atoms with Gasteiger partial charge >= 0.3 is 5.97 Å². The van der Waals surface area contributed by atoms with Crippen LogP contribution in [0.2, 0.25) is 0 Å². The zero-order chi connectivity index (χ0) is 7.98. The highest BCUT2D eigenvalue weighted by Crippen LogP contribution is 2.08. The van der Waals surface area contributed by atoms with E-state index in [-0.39, 0.29) is 21.3 Å². The summed E-state index contributed by atoms with van der Waals surface area (Å²) in [6.07, 6.45) is 0.545. The fraction of sp³-hybridized carbons (Fsp3) is 0.600. The second kappa shape index (κ2) is 5.33. The number of carboxylic acid groups (broad SMARTS) is 1. The van der Waals surface area contributed by atoms with E-state index in [1.54, 1.807) is 0 Å². The van der Waals surface area contributed by atoms with Crippen molar-refractivity contribution in [3.05, 3.63) is 0 Å². The Morgan fingerprint density at radius 1 is 1.40 bits per heavy atom. The lowest BCUT2D eigenvalue weighted by Crippen LogP contribution is -2.12. The summed E-state index contributed by atoms with van der Waals surface area (Å²) in [7, 11) is 0.272. The summed E-state index contributed by atoms with van der Waals surface area (Å²) in [6.45, 7) is 0. The molecule has 58 valence electrons. The van der Waals surface area contributed by atoms with E-state index < -0.39 is 11.8 Å². The summed E-state index contributed by atoms with van der Waals surface area (Å²) in [5.74, 6) is -2.16. The van der Waals surface area contributed by atoms with Crippen molar-refractivity contribution in [2.45, 2.75) is 6.42 Å². The molecule has 10 heavy (non-hydrogen) atoms. The summed E-state index contributed by atoms with van der Waals surface area (Å²) >= 11 is 0. The topological polar surface area (TPSA) is 74.6 Å². The molecule has 0 radical (unpaired) electrons. The van der Waals surface area contributed by atoms with E-state index in [4.69, 9.17) is 10.2 Å². The molecule has 0 aromatic carbocycles. The second-order valence-electron chi connectivity index (χ2n) is 1.64. The Balaban J connectivity index is 3.31. The lowest BCUT2D eigenvalue weighted by atomic mass is 10.3. The van der Waals surface area contributed by atoms with Crippen LogP contribution in [0.25, 0.3) is 0 Å². The average molecular weight is 164 g/mol. The fourth-order valence-electron chi connectivity index (χ4n) is 0.388. The number of aliphatic carboxylic acids is 1. The van der Waals surface area contributed by atoms with Crippen molar-refractivity contribution in [2.75, 3.05) is 12.5 Å². The lowest BCUT2D eigenvalue weighted by molar-refractivity contribution is -0.148. The second-order valence-corrected chi connectivity index (χ2v) is 2.95. The molecule has 0 rings (SSSR count). The number of aliphatic hydroxyl groups excluding tert-OH is 1. The average Bonchev–Trinajstić information content (AvgIpc) is 1.88. The summed E-state index contributed by atoms with van der Waals surface area (Å²) in [5, 5.41) is 16.3. The molecule has 0 saturated carbocycles. The molecule has 1 atom stereocenters. The van der Waals surface area contributed by atoms with Crippen LogP contribution < -0.4 is 0 Å². The van der Waals surface area contributed by atoms with Crippen LogP contribution >= 0.6 is 8.58 Å². The third kappa shape index (κ3) is 4.41. The van der Waals surface area contributed by atoms with Gasteiger partial charge in [-0.3, -0.25) is 4.79 Å². The molecule has 0 fully saturated rings. The minimum absolute atomic E-state index is 0.0346. The van der Waals surface area contributed by atoms with Gasteiger partial charge in [0.05, 0.1) is 6.35 Å². The SMILES string of the molecule is O=C(O)C(=O)CCPCO. The Morgan fingerprint density at radius 2 is 2.00 bits per heavy atom. The highest BCUT2D eigenvalue weighted by atomic mass is 31.1. The first-order valence-corrected chi connectivity index (χ1v) is 4.17. The number of hydrogen-bond acceptors (Lipinski definition) is 3. The van der Waals surface area contributed by atoms with Crippen LogP contribution in [0.5, 0.6) is 0 Å². The summed E-state index contributed by atoms with van der Waals surface area (Å²) in [4.78, 5) is 20.2. The lowest BCUT2D eigenvalue weighted by Gasteiger charge is -1.92. The van der Waals surface area contributed by atoms with Gasteiger partial charge in [0.2, 0.25) is 5.78 Å². The molecule has 0 aliphatic carbocycles. The van der Waals surface area contributed by atoms with Crippen molar-refractivity contribution >= 4 is 20.3 Å². The Hall–Kier alpha value is -0.470. The molecule has 4 nitrogen and oxygen atoms in total. The number of Topliss-reactive ketones (excluding diaryl/α,β-unsaturated/α-hetero) is 1. The van der Waals surface area contributed by atoms with E-state index in [1.807, 2.05) is 0 Å². The predicted octanol–water partition coefficient (Wildman–Crippen LogP) is -0.342. The molecule has 0 spiro atoms. The molecule has 5 heteroatoms. The van der Waals surface area contributed by atoms with Crippen molar-refractivity contribution in [1.82, 2.24) is 0 Å². The first-order valence-electron chi connectivity index (χ1n) is 2.76. The van der Waals surface area contributed by atoms with Crippen molar-refractivity contribution in [3.8, 4) is 0 Å². The van der Waals surface area contributed by atoms with Crippen LogP contribution in [-0.2, 0) is 9.59 Å². The van der Waals surface area contributed by atoms with E-state index in [0.29, 0.717) is 6.16 Å². The van der Waals surface area contributed by atoms with Crippen LogP contribution in [0.1, 0.15) is 6.42 Å². The van der Waals surface area contributed by atoms with Crippen LogP contribution in [0.3, 0.4) is 0 Å². The van der Waals surface area contributed by atoms with E-state index >= 15 is 0 Å². The molecule has 0 heterocycles. The fourth-order valence-corrected chi connectivity index (χ4v) is 0.950. The van der Waals surface area contributed by atoms with Gasteiger partial charge in [-0.2, -0.15) is 0 Å². The van der Waals surface area contributed by atoms with Crippen molar-refractivity contribution in [2.24, 2.45) is 0 Å². The Morgan fingerprint density at radius 3 is 2.40 bits per heavy atom. The quantitative estimate of drug-likeness (QED) is 0.331. The summed E-state index contributed by atoms with van der Waals surface area (Å²) in [5.41, 5.74) is 0. The first kappa shape index (κ1) is 9.53. The van der Waals surface area contributed by atoms with Gasteiger partial charge in [-0.05, 0) is 6.16 Å². The summed E-state index contributed by atoms with van der Waals surface area (Å²) < 4.78 is 0. The van der Waals surface area contributed by atoms with Crippen molar-refractivity contribution < 1.29 is 19.8 Å². The van der Waals surface area contributed by atoms with Gasteiger partial charge in [0, 0.05) is 6.42 Å². The summed E-state index contributed by atoms with van der Waals surface area (Å²) in [6, 6.07) is 0. The molecule has 0 amide bonds. The van der Waals surface area contributed by atoms with Gasteiger partial charge in [0.1, 0.15) is 0 Å². The Bertz CT molecular complexity index is 134. The maximum absolute atomic E-state index is 10.3. The van der Waals surface area contributed by atoms with Crippen molar-refractivity contribution in [3.63, 3.8) is 0 Å². The number of carboxylic acids is 1. The molecular formula is C5H9O4P. The van der Waals surface area contributed by atoms with E-state index in [2.05, 4.69) is 0 Å². The van der Waals surface area contributed by atoms with E-state index in [9.17, 15) is 9.59 Å². The highest BCUT2D eigenvalue weighted by Gasteiger charge is 2.09. The van der Waals surface area contributed by atoms with Gasteiger partial charge in [0.15, 0.2) is 0 Å². The minimum atomic E-state index is -1.39. The molecule has 0 aliphatic heterocycles. The molecule has 0 aromatic rings. The highest BCUT2D eigenvalue weighted by molar-refractivity contribution is 7.37.